The molecule has 2 fully saturated rings. The molecule has 1 saturated carbocycles. The molecule has 1 amide bonds. The fourth-order valence-electron chi connectivity index (χ4n) is 4.57. The lowest BCUT2D eigenvalue weighted by atomic mass is 9.96. The van der Waals surface area contributed by atoms with Gasteiger partial charge in [0.25, 0.3) is 0 Å². The fraction of sp³-hybridized carbons (Fsp3) is 0.583. The number of rotatable bonds is 6. The second-order valence-electron chi connectivity index (χ2n) is 8.68. The number of aliphatic hydroxyl groups is 1. The molecule has 1 saturated heterocycles. The molecule has 1 atom stereocenters. The van der Waals surface area contributed by atoms with Crippen LogP contribution >= 0.6 is 11.3 Å². The Morgan fingerprint density at radius 1 is 1.16 bits per heavy atom. The molecule has 0 spiro atoms. The summed E-state index contributed by atoms with van der Waals surface area (Å²) in [6, 6.07) is 7.50. The number of nitrogens with zero attached hydrogens (tertiary/aromatic N) is 2. The Bertz CT molecular complexity index is 891. The highest BCUT2D eigenvalue weighted by Gasteiger charge is 2.37. The lowest BCUT2D eigenvalue weighted by molar-refractivity contribution is -0.135. The van der Waals surface area contributed by atoms with E-state index in [9.17, 15) is 9.90 Å². The zero-order valence-electron chi connectivity index (χ0n) is 18.4. The van der Waals surface area contributed by atoms with Crippen molar-refractivity contribution in [3.63, 3.8) is 0 Å². The van der Waals surface area contributed by atoms with Crippen LogP contribution in [0, 0.1) is 12.8 Å². The molecule has 1 aromatic heterocycles. The number of thiazole rings is 1. The summed E-state index contributed by atoms with van der Waals surface area (Å²) in [6.45, 7) is 3.71. The van der Waals surface area contributed by atoms with Crippen LogP contribution in [0.3, 0.4) is 0 Å². The molecule has 0 unspecified atom stereocenters. The van der Waals surface area contributed by atoms with Gasteiger partial charge in [-0.2, -0.15) is 0 Å². The van der Waals surface area contributed by atoms with E-state index in [0.29, 0.717) is 26.0 Å². The van der Waals surface area contributed by atoms with Crippen molar-refractivity contribution in [2.45, 2.75) is 64.1 Å². The number of likely N-dealkylation sites (tertiary alicyclic amines) is 1. The second-order valence-corrected chi connectivity index (χ2v) is 9.77. The highest BCUT2D eigenvalue weighted by molar-refractivity contribution is 7.11. The normalized spacial score (nSPS) is 22.4. The van der Waals surface area contributed by atoms with Crippen molar-refractivity contribution in [3.8, 4) is 11.5 Å². The highest BCUT2D eigenvalue weighted by atomic mass is 32.1. The molecule has 2 aliphatic rings. The number of methoxy groups -OCH3 is 1. The van der Waals surface area contributed by atoms with Gasteiger partial charge in [-0.3, -0.25) is 4.79 Å². The van der Waals surface area contributed by atoms with E-state index >= 15 is 0 Å². The molecule has 1 aliphatic carbocycles. The minimum atomic E-state index is -0.974. The molecule has 0 bridgehead atoms. The van der Waals surface area contributed by atoms with Gasteiger partial charge in [0.1, 0.15) is 28.7 Å². The molecule has 1 N–H and O–H groups in total. The Balaban J connectivity index is 1.39. The summed E-state index contributed by atoms with van der Waals surface area (Å²) < 4.78 is 11.1. The SMILES string of the molecule is COc1ccc(OCc2sc([C@]3(O)CCCN(C(=O)C4CCCC4)CC3)nc2C)cc1. The molecule has 2 aromatic rings. The number of aromatic nitrogens is 1. The first kappa shape index (κ1) is 22.1. The smallest absolute Gasteiger partial charge is 0.225 e. The van der Waals surface area contributed by atoms with E-state index in [1.165, 1.54) is 11.3 Å². The van der Waals surface area contributed by atoms with E-state index in [-0.39, 0.29) is 11.8 Å². The lowest BCUT2D eigenvalue weighted by Gasteiger charge is -2.26. The topological polar surface area (TPSA) is 71.9 Å². The minimum absolute atomic E-state index is 0.190. The fourth-order valence-corrected chi connectivity index (χ4v) is 5.69. The third kappa shape index (κ3) is 5.04. The number of aryl methyl sites for hydroxylation is 1. The molecule has 0 radical (unpaired) electrons. The first-order valence-corrected chi connectivity index (χ1v) is 12.0. The molecule has 2 heterocycles. The molecule has 7 heteroatoms. The van der Waals surface area contributed by atoms with Crippen LogP contribution in [0.5, 0.6) is 11.5 Å². The van der Waals surface area contributed by atoms with Crippen molar-refractivity contribution in [2.75, 3.05) is 20.2 Å². The summed E-state index contributed by atoms with van der Waals surface area (Å²) in [7, 11) is 1.64. The maximum absolute atomic E-state index is 12.8. The van der Waals surface area contributed by atoms with E-state index in [2.05, 4.69) is 0 Å². The van der Waals surface area contributed by atoms with E-state index < -0.39 is 5.60 Å². The molecular formula is C24H32N2O4S. The van der Waals surface area contributed by atoms with Crippen molar-refractivity contribution in [1.82, 2.24) is 9.88 Å². The highest BCUT2D eigenvalue weighted by Crippen LogP contribution is 2.37. The standard InChI is InChI=1S/C24H32N2O4S/c1-17-21(16-30-20-10-8-19(29-2)9-11-20)31-23(25-17)24(28)12-5-14-26(15-13-24)22(27)18-6-3-4-7-18/h8-11,18,28H,3-7,12-16H2,1-2H3/t24-/m0/s1. The van der Waals surface area contributed by atoms with Crippen LogP contribution in [-0.2, 0) is 17.0 Å². The van der Waals surface area contributed by atoms with Gasteiger partial charge in [-0.15, -0.1) is 11.3 Å². The monoisotopic (exact) mass is 444 g/mol. The van der Waals surface area contributed by atoms with Gasteiger partial charge in [-0.25, -0.2) is 4.98 Å². The van der Waals surface area contributed by atoms with Crippen LogP contribution < -0.4 is 9.47 Å². The number of hydrogen-bond acceptors (Lipinski definition) is 6. The van der Waals surface area contributed by atoms with Crippen molar-refractivity contribution in [3.05, 3.63) is 39.8 Å². The zero-order valence-corrected chi connectivity index (χ0v) is 19.2. The maximum atomic E-state index is 12.8. The van der Waals surface area contributed by atoms with Gasteiger partial charge < -0.3 is 19.5 Å². The van der Waals surface area contributed by atoms with Gasteiger partial charge >= 0.3 is 0 Å². The molecule has 31 heavy (non-hydrogen) atoms. The predicted molar refractivity (Wildman–Crippen MR) is 120 cm³/mol. The Kier molecular flexibility index (Phi) is 6.82. The van der Waals surface area contributed by atoms with Crippen LogP contribution in [0.2, 0.25) is 0 Å². The van der Waals surface area contributed by atoms with Gasteiger partial charge in [0.2, 0.25) is 5.91 Å². The quantitative estimate of drug-likeness (QED) is 0.714. The third-order valence-corrected chi connectivity index (χ3v) is 7.87. The summed E-state index contributed by atoms with van der Waals surface area (Å²) in [5, 5.41) is 12.2. The van der Waals surface area contributed by atoms with Crippen LogP contribution in [0.25, 0.3) is 0 Å². The summed E-state index contributed by atoms with van der Waals surface area (Å²) in [5.74, 6) is 2.03. The average Bonchev–Trinajstić information content (AvgIpc) is 3.40. The lowest BCUT2D eigenvalue weighted by Crippen LogP contribution is -2.37. The molecular weight excluding hydrogens is 412 g/mol. The summed E-state index contributed by atoms with van der Waals surface area (Å²) in [5.41, 5.74) is -0.0801. The Hall–Kier alpha value is -2.12. The van der Waals surface area contributed by atoms with Crippen molar-refractivity contribution >= 4 is 17.2 Å². The zero-order chi connectivity index (χ0) is 21.8. The second kappa shape index (κ2) is 9.57. The molecule has 168 valence electrons. The Morgan fingerprint density at radius 3 is 2.58 bits per heavy atom. The van der Waals surface area contributed by atoms with Gasteiger partial charge in [-0.1, -0.05) is 12.8 Å². The van der Waals surface area contributed by atoms with E-state index in [4.69, 9.17) is 14.5 Å². The summed E-state index contributed by atoms with van der Waals surface area (Å²) in [4.78, 5) is 20.5. The third-order valence-electron chi connectivity index (χ3n) is 6.55. The first-order valence-electron chi connectivity index (χ1n) is 11.2. The number of carbonyl (C=O) groups is 1. The maximum Gasteiger partial charge on any atom is 0.225 e. The minimum Gasteiger partial charge on any atom is -0.497 e. The van der Waals surface area contributed by atoms with Gasteiger partial charge in [0, 0.05) is 25.4 Å². The first-order chi connectivity index (χ1) is 15.0. The summed E-state index contributed by atoms with van der Waals surface area (Å²) in [6.07, 6.45) is 6.32. The van der Waals surface area contributed by atoms with Crippen LogP contribution in [0.1, 0.15) is 60.5 Å². The molecule has 1 aromatic carbocycles. The average molecular weight is 445 g/mol. The predicted octanol–water partition coefficient (Wildman–Crippen LogP) is 4.43. The molecule has 4 rings (SSSR count). The van der Waals surface area contributed by atoms with E-state index in [1.807, 2.05) is 36.1 Å². The van der Waals surface area contributed by atoms with Crippen molar-refractivity contribution in [2.24, 2.45) is 5.92 Å². The number of amides is 1. The largest absolute Gasteiger partial charge is 0.497 e. The number of benzene rings is 1. The number of hydrogen-bond donors (Lipinski definition) is 1. The molecule has 1 aliphatic heterocycles. The summed E-state index contributed by atoms with van der Waals surface area (Å²) >= 11 is 1.52. The van der Waals surface area contributed by atoms with Crippen molar-refractivity contribution < 1.29 is 19.4 Å². The van der Waals surface area contributed by atoms with Gasteiger partial charge in [-0.05, 0) is 56.9 Å². The number of ether oxygens (including phenoxy) is 2. The number of carbonyl (C=O) groups excluding carboxylic acids is 1. The van der Waals surface area contributed by atoms with Crippen molar-refractivity contribution in [1.29, 1.82) is 0 Å². The van der Waals surface area contributed by atoms with Gasteiger partial charge in [0.05, 0.1) is 17.7 Å². The van der Waals surface area contributed by atoms with Crippen LogP contribution in [-0.4, -0.2) is 41.1 Å². The Morgan fingerprint density at radius 2 is 1.87 bits per heavy atom. The van der Waals surface area contributed by atoms with E-state index in [1.54, 1.807) is 7.11 Å². The Labute approximate surface area is 188 Å². The van der Waals surface area contributed by atoms with Crippen LogP contribution in [0.15, 0.2) is 24.3 Å². The van der Waals surface area contributed by atoms with Gasteiger partial charge in [0.15, 0.2) is 0 Å². The molecule has 6 nitrogen and oxygen atoms in total. The van der Waals surface area contributed by atoms with Crippen LogP contribution in [0.4, 0.5) is 0 Å². The van der Waals surface area contributed by atoms with E-state index in [0.717, 1.165) is 65.7 Å².